The number of rotatable bonds is 0. The number of hydrogen-bond donors (Lipinski definition) is 0. The first-order valence-corrected chi connectivity index (χ1v) is 8.03. The molecule has 4 heavy (non-hydrogen) atoms. The molecule has 0 nitrogen and oxygen atoms in total. The summed E-state index contributed by atoms with van der Waals surface area (Å²) in [6.45, 7) is 0. The van der Waals surface area contributed by atoms with Crippen LogP contribution in [0.5, 0.6) is 0 Å². The van der Waals surface area contributed by atoms with Crippen molar-refractivity contribution in [3.63, 3.8) is 0 Å². The summed E-state index contributed by atoms with van der Waals surface area (Å²) >= 11 is 6.25. The van der Waals surface area contributed by atoms with Crippen molar-refractivity contribution in [1.82, 2.24) is 0 Å². The molecular weight excluding hydrogens is 442 g/mol. The molecule has 0 aliphatic carbocycles. The number of halogens is 3. The molecule has 0 N–H and O–H groups in total. The van der Waals surface area contributed by atoms with Crippen molar-refractivity contribution in [2.45, 2.75) is 0 Å². The van der Waals surface area contributed by atoms with E-state index >= 15 is 0 Å². The molecule has 0 aromatic carbocycles. The molecule has 0 heterocycles. The van der Waals surface area contributed by atoms with Crippen molar-refractivity contribution >= 4 is 56.0 Å². The molecule has 0 aromatic heterocycles. The van der Waals surface area contributed by atoms with Gasteiger partial charge in [-0.05, 0) is 0 Å². The summed E-state index contributed by atoms with van der Waals surface area (Å²) < 4.78 is 0. The molecule has 33 valence electrons. The van der Waals surface area contributed by atoms with Gasteiger partial charge in [-0.3, -0.25) is 0 Å². The second kappa shape index (κ2) is 9.19. The fraction of sp³-hybridized carbons (Fsp3) is 0. The normalized spacial score (nSPS) is 5.50. The van der Waals surface area contributed by atoms with Crippen molar-refractivity contribution in [2.24, 2.45) is 0 Å². The van der Waals surface area contributed by atoms with Gasteiger partial charge in [-0.25, -0.2) is 0 Å². The van der Waals surface area contributed by atoms with Gasteiger partial charge in [0.05, 0.1) is 0 Å². The fourth-order valence-corrected chi connectivity index (χ4v) is 0. The van der Waals surface area contributed by atoms with Crippen LogP contribution in [0.2, 0.25) is 0 Å². The van der Waals surface area contributed by atoms with Gasteiger partial charge in [-0.2, -0.15) is 0 Å². The first kappa shape index (κ1) is 9.84. The van der Waals surface area contributed by atoms with Crippen LogP contribution in [-0.4, -0.2) is 0 Å². The van der Waals surface area contributed by atoms with E-state index in [2.05, 4.69) is 32.0 Å². The maximum atomic E-state index is 3.16. The van der Waals surface area contributed by atoms with E-state index in [4.69, 9.17) is 0 Å². The fourth-order valence-electron chi connectivity index (χ4n) is 0. The van der Waals surface area contributed by atoms with Crippen LogP contribution in [0.1, 0.15) is 0 Å². The van der Waals surface area contributed by atoms with Gasteiger partial charge in [0.1, 0.15) is 0 Å². The molecule has 0 aromatic rings. The second-order valence-corrected chi connectivity index (χ2v) is 8.88. The summed E-state index contributed by atoms with van der Waals surface area (Å²) in [4.78, 5) is 0. The molecule has 4 heteroatoms. The van der Waals surface area contributed by atoms with E-state index in [1.165, 1.54) is 0 Å². The summed E-state index contributed by atoms with van der Waals surface area (Å²) in [6, 6.07) is 0. The molecule has 0 fully saturated rings. The molecule has 0 aliphatic rings. The van der Waals surface area contributed by atoms with Gasteiger partial charge >= 0.3 is 45.9 Å². The molecule has 0 bridgehead atoms. The van der Waals surface area contributed by atoms with E-state index in [1.54, 1.807) is 0 Å². The molecule has 0 saturated heterocycles. The Morgan fingerprint density at radius 2 is 1.75 bits per heavy atom. The van der Waals surface area contributed by atoms with E-state index in [0.29, 0.717) is 0 Å². The molecule has 0 unspecified atom stereocenters. The van der Waals surface area contributed by atoms with Crippen LogP contribution < -0.4 is 0 Å². The van der Waals surface area contributed by atoms with E-state index in [9.17, 15) is 0 Å². The maximum absolute atomic E-state index is 3.16. The topological polar surface area (TPSA) is 0 Å². The van der Waals surface area contributed by atoms with Crippen molar-refractivity contribution in [2.75, 3.05) is 0 Å². The Bertz CT molecular complexity index is 6.00. The third kappa shape index (κ3) is 8.82. The zero-order valence-corrected chi connectivity index (χ0v) is 9.02. The first-order valence-electron chi connectivity index (χ1n) is 0.228. The van der Waals surface area contributed by atoms with Crippen LogP contribution >= 0.6 is 56.0 Å². The standard InChI is InChI=1S/Ag.BrH.2HI/h;3*1H/q+2;;;/p-2. The predicted octanol–water partition coefficient (Wildman–Crippen LogP) is 2.35. The average molecular weight is 443 g/mol. The van der Waals surface area contributed by atoms with Crippen LogP contribution in [0.15, 0.2) is 0 Å². The van der Waals surface area contributed by atoms with Crippen LogP contribution in [-0.2, 0) is 13.8 Å². The SMILES string of the molecule is I.[Br][Ag][I]. The van der Waals surface area contributed by atoms with Crippen molar-refractivity contribution in [3.05, 3.63) is 0 Å². The Kier molecular flexibility index (Phi) is 22.6. The molecule has 0 spiro atoms. The van der Waals surface area contributed by atoms with Gasteiger partial charge in [0.25, 0.3) is 0 Å². The van der Waals surface area contributed by atoms with Gasteiger partial charge in [-0.15, -0.1) is 24.0 Å². The summed E-state index contributed by atoms with van der Waals surface area (Å²) in [5.41, 5.74) is 0. The Hall–Kier alpha value is 2.68. The van der Waals surface area contributed by atoms with E-state index < -0.39 is 0 Å². The first-order chi connectivity index (χ1) is 1.41. The minimum atomic E-state index is 0. The van der Waals surface area contributed by atoms with Crippen molar-refractivity contribution < 1.29 is 13.8 Å². The zero-order chi connectivity index (χ0) is 2.71. The zero-order valence-electron chi connectivity index (χ0n) is 1.47. The molecule has 0 atom stereocenters. The van der Waals surface area contributed by atoms with Crippen LogP contribution in [0.4, 0.5) is 0 Å². The van der Waals surface area contributed by atoms with Crippen LogP contribution in [0.3, 0.4) is 0 Å². The predicted molar refractivity (Wildman–Crippen MR) is 38.4 cm³/mol. The Morgan fingerprint density at radius 1 is 1.75 bits per heavy atom. The summed E-state index contributed by atoms with van der Waals surface area (Å²) in [6.07, 6.45) is 0. The van der Waals surface area contributed by atoms with Gasteiger partial charge in [-0.1, -0.05) is 0 Å². The monoisotopic (exact) mass is 441 g/mol. The number of hydrogen-bond acceptors (Lipinski definition) is 0. The van der Waals surface area contributed by atoms with Crippen LogP contribution in [0, 0.1) is 0 Å². The molecule has 0 radical (unpaired) electrons. The Labute approximate surface area is 68.3 Å². The molecular formula is HAgBrI2. The molecule has 0 saturated carbocycles. The van der Waals surface area contributed by atoms with Gasteiger partial charge in [0.15, 0.2) is 0 Å². The summed E-state index contributed by atoms with van der Waals surface area (Å²) in [5, 5.41) is 0. The van der Waals surface area contributed by atoms with Crippen molar-refractivity contribution in [1.29, 1.82) is 0 Å². The third-order valence-corrected chi connectivity index (χ3v) is 0. The third-order valence-electron chi connectivity index (χ3n) is 0. The van der Waals surface area contributed by atoms with E-state index in [-0.39, 0.29) is 24.0 Å². The Balaban J connectivity index is 0. The van der Waals surface area contributed by atoms with Gasteiger partial charge < -0.3 is 0 Å². The molecule has 0 aliphatic heterocycles. The molecule has 0 rings (SSSR count). The summed E-state index contributed by atoms with van der Waals surface area (Å²) in [5.74, 6) is 0. The quantitative estimate of drug-likeness (QED) is 0.399. The second-order valence-electron chi connectivity index (χ2n) is 0.0431. The van der Waals surface area contributed by atoms with Crippen LogP contribution in [0.25, 0.3) is 0 Å². The summed E-state index contributed by atoms with van der Waals surface area (Å²) in [7, 11) is 0. The Morgan fingerprint density at radius 3 is 1.75 bits per heavy atom. The van der Waals surface area contributed by atoms with Gasteiger partial charge in [0.2, 0.25) is 0 Å². The molecule has 0 amide bonds. The average Bonchev–Trinajstić information content (AvgIpc) is 0.918. The van der Waals surface area contributed by atoms with E-state index in [1.807, 2.05) is 0 Å². The van der Waals surface area contributed by atoms with Gasteiger partial charge in [0, 0.05) is 0 Å². The van der Waals surface area contributed by atoms with E-state index in [0.717, 1.165) is 13.8 Å². The van der Waals surface area contributed by atoms with Crippen molar-refractivity contribution in [3.8, 4) is 0 Å². The minimum absolute atomic E-state index is 0.